The van der Waals surface area contributed by atoms with Crippen LogP contribution in [0.3, 0.4) is 0 Å². The highest BCUT2D eigenvalue weighted by molar-refractivity contribution is 7.26. The molecule has 0 aliphatic rings. The van der Waals surface area contributed by atoms with Crippen molar-refractivity contribution in [3.63, 3.8) is 0 Å². The van der Waals surface area contributed by atoms with Crippen molar-refractivity contribution in [3.8, 4) is 19.5 Å². The van der Waals surface area contributed by atoms with E-state index in [-0.39, 0.29) is 0 Å². The average molecular weight is 278 g/mol. The van der Waals surface area contributed by atoms with E-state index >= 15 is 0 Å². The highest BCUT2D eigenvalue weighted by Gasteiger charge is 2.07. The van der Waals surface area contributed by atoms with Crippen LogP contribution in [0.25, 0.3) is 19.5 Å². The van der Waals surface area contributed by atoms with Crippen LogP contribution in [0.15, 0.2) is 36.4 Å². The maximum absolute atomic E-state index is 8.15. The van der Waals surface area contributed by atoms with Crippen LogP contribution in [-0.2, 0) is 0 Å². The molecule has 0 nitrogen and oxygen atoms in total. The topological polar surface area (TPSA) is 0 Å². The summed E-state index contributed by atoms with van der Waals surface area (Å²) in [5.74, 6) is 0. The van der Waals surface area contributed by atoms with Gasteiger partial charge in [0.15, 0.2) is 0 Å². The number of aryl methyl sites for hydroxylation is 2. The molecule has 0 bridgehead atoms. The van der Waals surface area contributed by atoms with E-state index in [2.05, 4.69) is 26.0 Å². The lowest BCUT2D eigenvalue weighted by Gasteiger charge is -1.90. The normalized spacial score (nSPS) is 12.6. The summed E-state index contributed by atoms with van der Waals surface area (Å²) in [5, 5.41) is 0. The Bertz CT molecular complexity index is 673. The molecule has 3 heterocycles. The third-order valence-electron chi connectivity index (χ3n) is 2.42. The molecule has 3 aromatic heterocycles. The first kappa shape index (κ1) is 9.09. The minimum Gasteiger partial charge on any atom is -0.140 e. The minimum atomic E-state index is 0.355. The van der Waals surface area contributed by atoms with Gasteiger partial charge in [0.05, 0.1) is 2.74 Å². The first-order chi connectivity index (χ1) is 9.06. The van der Waals surface area contributed by atoms with Crippen LogP contribution in [0.5, 0.6) is 0 Å². The Morgan fingerprint density at radius 1 is 0.706 bits per heavy atom. The fourth-order valence-corrected chi connectivity index (χ4v) is 4.37. The second-order valence-corrected chi connectivity index (χ2v) is 7.43. The zero-order valence-electron chi connectivity index (χ0n) is 11.5. The summed E-state index contributed by atoms with van der Waals surface area (Å²) in [4.78, 5) is 6.51. The third kappa shape index (κ3) is 2.23. The van der Waals surface area contributed by atoms with E-state index in [1.165, 1.54) is 9.75 Å². The predicted molar refractivity (Wildman–Crippen MR) is 80.4 cm³/mol. The van der Waals surface area contributed by atoms with Crippen LogP contribution in [-0.4, -0.2) is 0 Å². The summed E-state index contributed by atoms with van der Waals surface area (Å²) < 4.78 is 16.3. The van der Waals surface area contributed by atoms with E-state index in [1.807, 2.05) is 12.1 Å². The van der Waals surface area contributed by atoms with Gasteiger partial charge in [-0.1, -0.05) is 0 Å². The van der Waals surface area contributed by atoms with Gasteiger partial charge < -0.3 is 0 Å². The van der Waals surface area contributed by atoms with E-state index in [0.29, 0.717) is 12.1 Å². The fraction of sp³-hybridized carbons (Fsp3) is 0.143. The Balaban J connectivity index is 2.14. The molecule has 0 saturated heterocycles. The number of hydrogen-bond donors (Lipinski definition) is 0. The SMILES string of the molecule is [2H]c1c(-c2ccc(C)s2)sc(-c2ccc(C)s2)c1[2H]. The van der Waals surface area contributed by atoms with Gasteiger partial charge in [0, 0.05) is 29.3 Å². The first-order valence-electron chi connectivity index (χ1n) is 6.30. The molecule has 0 N–H and O–H groups in total. The Morgan fingerprint density at radius 2 is 1.18 bits per heavy atom. The summed E-state index contributed by atoms with van der Waals surface area (Å²) in [7, 11) is 0. The molecule has 0 amide bonds. The summed E-state index contributed by atoms with van der Waals surface area (Å²) in [6, 6.07) is 8.94. The van der Waals surface area contributed by atoms with Crippen LogP contribution in [0.2, 0.25) is 0 Å². The molecular formula is C14H12S3. The van der Waals surface area contributed by atoms with Gasteiger partial charge in [-0.15, -0.1) is 34.0 Å². The van der Waals surface area contributed by atoms with Crippen molar-refractivity contribution < 1.29 is 2.74 Å². The van der Waals surface area contributed by atoms with Gasteiger partial charge >= 0.3 is 0 Å². The lowest BCUT2D eigenvalue weighted by Crippen LogP contribution is -1.57. The van der Waals surface area contributed by atoms with E-state index < -0.39 is 0 Å². The van der Waals surface area contributed by atoms with Crippen molar-refractivity contribution in [3.05, 3.63) is 46.1 Å². The van der Waals surface area contributed by atoms with Gasteiger partial charge in [0.2, 0.25) is 0 Å². The van der Waals surface area contributed by atoms with Crippen molar-refractivity contribution in [1.29, 1.82) is 0 Å². The quantitative estimate of drug-likeness (QED) is 0.554. The molecule has 0 atom stereocenters. The lowest BCUT2D eigenvalue weighted by atomic mass is 10.3. The Hall–Kier alpha value is -0.900. The second-order valence-electron chi connectivity index (χ2n) is 3.83. The lowest BCUT2D eigenvalue weighted by molar-refractivity contribution is 1.64. The van der Waals surface area contributed by atoms with Crippen LogP contribution in [0.4, 0.5) is 0 Å². The van der Waals surface area contributed by atoms with Gasteiger partial charge in [-0.05, 0) is 50.2 Å². The summed E-state index contributed by atoms with van der Waals surface area (Å²) in [5.41, 5.74) is 0. The highest BCUT2D eigenvalue weighted by Crippen LogP contribution is 2.39. The molecule has 86 valence electrons. The Kier molecular flexibility index (Phi) is 2.36. The smallest absolute Gasteiger partial charge is 0.0639 e. The van der Waals surface area contributed by atoms with Gasteiger partial charge in [-0.3, -0.25) is 0 Å². The molecule has 0 aliphatic carbocycles. The number of hydrogen-bond acceptors (Lipinski definition) is 3. The number of rotatable bonds is 2. The second kappa shape index (κ2) is 4.41. The molecule has 3 heteroatoms. The molecule has 0 aliphatic heterocycles. The standard InChI is InChI=1S/C14H12S3/c1-9-3-5-11(15-9)13-7-8-14(17-13)12-6-4-10(2)16-12/h3-8H,1-2H3/i7D,8D. The highest BCUT2D eigenvalue weighted by atomic mass is 32.1. The van der Waals surface area contributed by atoms with Gasteiger partial charge in [-0.25, -0.2) is 0 Å². The van der Waals surface area contributed by atoms with E-state index in [1.54, 1.807) is 34.0 Å². The van der Waals surface area contributed by atoms with Gasteiger partial charge in [0.1, 0.15) is 0 Å². The van der Waals surface area contributed by atoms with Crippen molar-refractivity contribution in [2.75, 3.05) is 0 Å². The van der Waals surface area contributed by atoms with Crippen molar-refractivity contribution in [2.45, 2.75) is 13.8 Å². The zero-order valence-corrected chi connectivity index (χ0v) is 12.0. The first-order valence-corrected chi connectivity index (χ1v) is 7.75. The molecule has 0 radical (unpaired) electrons. The summed E-state index contributed by atoms with van der Waals surface area (Å²) in [6.07, 6.45) is 0. The summed E-state index contributed by atoms with van der Waals surface area (Å²) >= 11 is 4.94. The van der Waals surface area contributed by atoms with E-state index in [0.717, 1.165) is 19.5 Å². The maximum Gasteiger partial charge on any atom is 0.0639 e. The van der Waals surface area contributed by atoms with Crippen LogP contribution < -0.4 is 0 Å². The molecule has 3 aromatic rings. The Morgan fingerprint density at radius 3 is 1.53 bits per heavy atom. The van der Waals surface area contributed by atoms with Gasteiger partial charge in [-0.2, -0.15) is 0 Å². The van der Waals surface area contributed by atoms with Crippen LogP contribution in [0, 0.1) is 13.8 Å². The molecule has 17 heavy (non-hydrogen) atoms. The molecule has 0 aromatic carbocycles. The molecule has 0 unspecified atom stereocenters. The molecule has 0 saturated carbocycles. The van der Waals surface area contributed by atoms with Crippen molar-refractivity contribution >= 4 is 34.0 Å². The predicted octanol–water partition coefficient (Wildman–Crippen LogP) is 5.82. The molecule has 3 rings (SSSR count). The summed E-state index contributed by atoms with van der Waals surface area (Å²) in [6.45, 7) is 4.13. The largest absolute Gasteiger partial charge is 0.140 e. The van der Waals surface area contributed by atoms with E-state index in [9.17, 15) is 0 Å². The average Bonchev–Trinajstić information content (AvgIpc) is 3.03. The minimum absolute atomic E-state index is 0.355. The Labute approximate surface area is 116 Å². The molecular weight excluding hydrogens is 264 g/mol. The molecule has 0 fully saturated rings. The van der Waals surface area contributed by atoms with Gasteiger partial charge in [0.25, 0.3) is 0 Å². The number of thiophene rings is 3. The maximum atomic E-state index is 8.15. The van der Waals surface area contributed by atoms with Crippen LogP contribution in [0.1, 0.15) is 12.5 Å². The van der Waals surface area contributed by atoms with Crippen molar-refractivity contribution in [2.24, 2.45) is 0 Å². The third-order valence-corrected chi connectivity index (χ3v) is 5.77. The zero-order chi connectivity index (χ0) is 13.6. The van der Waals surface area contributed by atoms with Crippen LogP contribution >= 0.6 is 34.0 Å². The van der Waals surface area contributed by atoms with Crippen molar-refractivity contribution in [1.82, 2.24) is 0 Å². The fourth-order valence-electron chi connectivity index (χ4n) is 1.60. The monoisotopic (exact) mass is 278 g/mol. The molecule has 0 spiro atoms. The van der Waals surface area contributed by atoms with E-state index in [4.69, 9.17) is 2.74 Å².